The predicted molar refractivity (Wildman–Crippen MR) is 136 cm³/mol. The average molecular weight is 492 g/mol. The molecule has 0 radical (unpaired) electrons. The lowest BCUT2D eigenvalue weighted by atomic mass is 10.1. The number of hydrazone groups is 1. The molecule has 180 valence electrons. The van der Waals surface area contributed by atoms with E-state index in [1.54, 1.807) is 6.08 Å². The van der Waals surface area contributed by atoms with Gasteiger partial charge in [0.1, 0.15) is 24.7 Å². The van der Waals surface area contributed by atoms with E-state index in [0.717, 1.165) is 35.1 Å². The second kappa shape index (κ2) is 10.3. The summed E-state index contributed by atoms with van der Waals surface area (Å²) >= 11 is 1.31. The monoisotopic (exact) mass is 491 g/mol. The summed E-state index contributed by atoms with van der Waals surface area (Å²) in [5, 5.41) is 15.6. The van der Waals surface area contributed by atoms with Crippen LogP contribution >= 0.6 is 11.8 Å². The molecule has 0 bridgehead atoms. The van der Waals surface area contributed by atoms with Gasteiger partial charge in [0.05, 0.1) is 18.8 Å². The molecule has 0 saturated carbocycles. The van der Waals surface area contributed by atoms with Gasteiger partial charge in [0.25, 0.3) is 5.91 Å². The van der Waals surface area contributed by atoms with Crippen molar-refractivity contribution < 1.29 is 19.0 Å². The van der Waals surface area contributed by atoms with Crippen LogP contribution in [-0.4, -0.2) is 71.5 Å². The molecule has 3 aliphatic heterocycles. The maximum Gasteiger partial charge on any atom is 0.283 e. The fraction of sp³-hybridized carbons (Fsp3) is 0.280. The van der Waals surface area contributed by atoms with Crippen LogP contribution in [0.15, 0.2) is 64.2 Å². The third kappa shape index (κ3) is 5.39. The Kier molecular flexibility index (Phi) is 6.82. The van der Waals surface area contributed by atoms with Gasteiger partial charge in [-0.15, -0.1) is 5.10 Å². The number of aryl methyl sites for hydroxylation is 1. The Labute approximate surface area is 207 Å². The summed E-state index contributed by atoms with van der Waals surface area (Å²) in [4.78, 5) is 18.9. The number of fused-ring (bicyclic) bond motifs is 1. The van der Waals surface area contributed by atoms with Crippen molar-refractivity contribution in [3.05, 3.63) is 65.2 Å². The normalized spacial score (nSPS) is 18.9. The van der Waals surface area contributed by atoms with E-state index in [1.807, 2.05) is 55.5 Å². The first-order valence-corrected chi connectivity index (χ1v) is 12.1. The molecule has 5 rings (SSSR count). The number of amides is 1. The Hall–Kier alpha value is -3.63. The summed E-state index contributed by atoms with van der Waals surface area (Å²) in [5.74, 6) is 1.09. The molecule has 1 amide bonds. The maximum absolute atomic E-state index is 12.7. The van der Waals surface area contributed by atoms with Crippen molar-refractivity contribution in [2.45, 2.75) is 6.92 Å². The minimum atomic E-state index is -0.444. The second-order valence-corrected chi connectivity index (χ2v) is 9.02. The molecule has 0 spiro atoms. The smallest absolute Gasteiger partial charge is 0.283 e. The lowest BCUT2D eigenvalue weighted by Gasteiger charge is -2.26. The molecule has 1 N–H and O–H groups in total. The third-order valence-corrected chi connectivity index (χ3v) is 6.50. The first-order chi connectivity index (χ1) is 17.1. The molecular formula is C25H25N5O4S. The molecule has 2 aromatic rings. The number of morpholine rings is 1. The first-order valence-electron chi connectivity index (χ1n) is 11.3. The standard InChI is InChI=1S/C25H25N5O4S/c1-17-3-2-4-20(15-17)34-14-13-33-19-7-5-18(6-8-19)16-21-22(26)30-24(27-23(21)31)35-25(28-30)29-9-11-32-12-10-29/h2-8,15-16,26H,9-14H2,1H3/b21-16+,26-22?. The number of hydrogen-bond donors (Lipinski definition) is 1. The summed E-state index contributed by atoms with van der Waals surface area (Å²) < 4.78 is 16.8. The molecule has 0 atom stereocenters. The van der Waals surface area contributed by atoms with Crippen LogP contribution in [0, 0.1) is 12.3 Å². The van der Waals surface area contributed by atoms with Crippen molar-refractivity contribution >= 4 is 39.9 Å². The number of amidine groups is 3. The van der Waals surface area contributed by atoms with Gasteiger partial charge in [-0.05, 0) is 60.2 Å². The number of hydrogen-bond acceptors (Lipinski definition) is 8. The number of carbonyl (C=O) groups excluding carboxylic acids is 1. The third-order valence-electron chi connectivity index (χ3n) is 5.53. The van der Waals surface area contributed by atoms with Gasteiger partial charge in [-0.3, -0.25) is 10.2 Å². The van der Waals surface area contributed by atoms with Crippen molar-refractivity contribution in [1.29, 1.82) is 5.41 Å². The van der Waals surface area contributed by atoms with Gasteiger partial charge in [0.15, 0.2) is 11.0 Å². The fourth-order valence-electron chi connectivity index (χ4n) is 3.72. The molecule has 0 aliphatic carbocycles. The Morgan fingerprint density at radius 2 is 1.80 bits per heavy atom. The van der Waals surface area contributed by atoms with E-state index >= 15 is 0 Å². The van der Waals surface area contributed by atoms with Crippen molar-refractivity contribution in [3.63, 3.8) is 0 Å². The molecule has 35 heavy (non-hydrogen) atoms. The summed E-state index contributed by atoms with van der Waals surface area (Å²) in [6.45, 7) is 5.58. The van der Waals surface area contributed by atoms with Crippen molar-refractivity contribution in [1.82, 2.24) is 9.91 Å². The number of rotatable bonds is 6. The molecule has 1 saturated heterocycles. The highest BCUT2D eigenvalue weighted by Gasteiger charge is 2.37. The molecule has 2 aromatic carbocycles. The van der Waals surface area contributed by atoms with Crippen molar-refractivity contribution in [2.24, 2.45) is 10.1 Å². The molecule has 0 unspecified atom stereocenters. The van der Waals surface area contributed by atoms with E-state index in [-0.39, 0.29) is 11.4 Å². The quantitative estimate of drug-likeness (QED) is 0.489. The molecular weight excluding hydrogens is 466 g/mol. The zero-order valence-corrected chi connectivity index (χ0v) is 20.1. The lowest BCUT2D eigenvalue weighted by Crippen LogP contribution is -2.39. The van der Waals surface area contributed by atoms with Crippen LogP contribution in [0.25, 0.3) is 6.08 Å². The number of nitrogens with one attached hydrogen (secondary N) is 1. The largest absolute Gasteiger partial charge is 0.490 e. The topological polar surface area (TPSA) is 99.8 Å². The second-order valence-electron chi connectivity index (χ2n) is 8.08. The average Bonchev–Trinajstić information content (AvgIpc) is 3.30. The van der Waals surface area contributed by atoms with Gasteiger partial charge in [0.2, 0.25) is 5.17 Å². The Bertz CT molecular complexity index is 1220. The van der Waals surface area contributed by atoms with E-state index in [4.69, 9.17) is 19.6 Å². The van der Waals surface area contributed by atoms with Gasteiger partial charge >= 0.3 is 0 Å². The van der Waals surface area contributed by atoms with E-state index in [2.05, 4.69) is 15.0 Å². The van der Waals surface area contributed by atoms with Gasteiger partial charge in [-0.1, -0.05) is 24.3 Å². The van der Waals surface area contributed by atoms with Crippen LogP contribution in [0.5, 0.6) is 11.5 Å². The zero-order chi connectivity index (χ0) is 24.2. The number of aliphatic imine (C=N–C) groups is 1. The minimum Gasteiger partial charge on any atom is -0.490 e. The number of ether oxygens (including phenoxy) is 3. The molecule has 3 heterocycles. The summed E-state index contributed by atoms with van der Waals surface area (Å²) in [7, 11) is 0. The zero-order valence-electron chi connectivity index (χ0n) is 19.3. The number of thioether (sulfide) groups is 1. The molecule has 10 heteroatoms. The SMILES string of the molecule is Cc1cccc(OCCOc2ccc(/C=C3\C(=N)N4N=C(N5CCOCC5)SC4=NC3=O)cc2)c1. The maximum atomic E-state index is 12.7. The molecule has 1 fully saturated rings. The highest BCUT2D eigenvalue weighted by atomic mass is 32.2. The van der Waals surface area contributed by atoms with Crippen LogP contribution in [0.4, 0.5) is 0 Å². The highest BCUT2D eigenvalue weighted by Crippen LogP contribution is 2.30. The molecule has 9 nitrogen and oxygen atoms in total. The van der Waals surface area contributed by atoms with Crippen molar-refractivity contribution in [3.8, 4) is 11.5 Å². The van der Waals surface area contributed by atoms with Gasteiger partial charge in [0, 0.05) is 13.1 Å². The lowest BCUT2D eigenvalue weighted by molar-refractivity contribution is -0.114. The summed E-state index contributed by atoms with van der Waals surface area (Å²) in [5.41, 5.74) is 2.11. The van der Waals surface area contributed by atoms with E-state index in [0.29, 0.717) is 37.3 Å². The Morgan fingerprint density at radius 1 is 1.06 bits per heavy atom. The summed E-state index contributed by atoms with van der Waals surface area (Å²) in [6.07, 6.45) is 1.66. The van der Waals surface area contributed by atoms with Crippen LogP contribution in [-0.2, 0) is 9.53 Å². The van der Waals surface area contributed by atoms with Gasteiger partial charge in [-0.25, -0.2) is 0 Å². The highest BCUT2D eigenvalue weighted by molar-refractivity contribution is 8.26. The Balaban J connectivity index is 1.20. The molecule has 0 aromatic heterocycles. The van der Waals surface area contributed by atoms with E-state index in [9.17, 15) is 4.79 Å². The Morgan fingerprint density at radius 3 is 2.54 bits per heavy atom. The number of carbonyl (C=O) groups is 1. The summed E-state index contributed by atoms with van der Waals surface area (Å²) in [6, 6.07) is 15.2. The minimum absolute atomic E-state index is 0.0179. The predicted octanol–water partition coefficient (Wildman–Crippen LogP) is 3.36. The van der Waals surface area contributed by atoms with Gasteiger partial charge < -0.3 is 19.1 Å². The number of benzene rings is 2. The van der Waals surface area contributed by atoms with Gasteiger partial charge in [-0.2, -0.15) is 10.0 Å². The first kappa shape index (κ1) is 23.1. The van der Waals surface area contributed by atoms with Crippen LogP contribution < -0.4 is 9.47 Å². The number of nitrogens with zero attached hydrogens (tertiary/aromatic N) is 4. The van der Waals surface area contributed by atoms with E-state index in [1.165, 1.54) is 16.8 Å². The fourth-order valence-corrected chi connectivity index (χ4v) is 4.66. The van der Waals surface area contributed by atoms with E-state index < -0.39 is 5.91 Å². The van der Waals surface area contributed by atoms with Crippen molar-refractivity contribution in [2.75, 3.05) is 39.5 Å². The van der Waals surface area contributed by atoms with Crippen LogP contribution in [0.3, 0.4) is 0 Å². The molecule has 3 aliphatic rings. The van der Waals surface area contributed by atoms with Crippen LogP contribution in [0.2, 0.25) is 0 Å². The van der Waals surface area contributed by atoms with Crippen LogP contribution in [0.1, 0.15) is 11.1 Å².